The third-order valence-corrected chi connectivity index (χ3v) is 12.2. The molecule has 0 aliphatic carbocycles. The van der Waals surface area contributed by atoms with Gasteiger partial charge < -0.3 is 14.1 Å². The summed E-state index contributed by atoms with van der Waals surface area (Å²) in [5.41, 5.74) is -0.0903. The number of halogens is 2. The highest BCUT2D eigenvalue weighted by atomic mass is 28.4. The van der Waals surface area contributed by atoms with Crippen molar-refractivity contribution < 1.29 is 27.5 Å². The third-order valence-electron chi connectivity index (χ3n) is 7.70. The van der Waals surface area contributed by atoms with Crippen molar-refractivity contribution in [1.82, 2.24) is 4.90 Å². The molecule has 0 aromatic heterocycles. The molecule has 0 spiro atoms. The van der Waals surface area contributed by atoms with E-state index < -0.39 is 20.3 Å². The summed E-state index contributed by atoms with van der Waals surface area (Å²) in [7, 11) is -2.54. The molecule has 0 N–H and O–H groups in total. The second-order valence-electron chi connectivity index (χ2n) is 12.1. The van der Waals surface area contributed by atoms with Gasteiger partial charge in [-0.05, 0) is 57.7 Å². The van der Waals surface area contributed by atoms with Gasteiger partial charge in [0.15, 0.2) is 8.32 Å². The van der Waals surface area contributed by atoms with E-state index in [-0.39, 0.29) is 40.7 Å². The molecule has 3 unspecified atom stereocenters. The van der Waals surface area contributed by atoms with Crippen LogP contribution in [0.15, 0.2) is 42.5 Å². The van der Waals surface area contributed by atoms with Crippen molar-refractivity contribution >= 4 is 20.2 Å². The molecule has 0 saturated carbocycles. The zero-order valence-corrected chi connectivity index (χ0v) is 25.4. The van der Waals surface area contributed by atoms with Gasteiger partial charge in [0.25, 0.3) is 0 Å². The molecule has 2 rings (SSSR count). The lowest BCUT2D eigenvalue weighted by Gasteiger charge is -2.40. The Balaban J connectivity index is 2.27. The Labute approximate surface area is 229 Å². The number of benzene rings is 1. The number of ether oxygens (including phenoxy) is 1. The third kappa shape index (κ3) is 8.47. The monoisotopic (exact) mass is 551 g/mol. The molecule has 1 saturated heterocycles. The molecular weight excluding hydrogens is 504 g/mol. The minimum atomic E-state index is -3.23. The number of hydrogen-bond donors (Lipinski definition) is 0. The second-order valence-corrected chi connectivity index (χ2v) is 16.8. The molecule has 3 atom stereocenters. The lowest BCUT2D eigenvalue weighted by atomic mass is 10.0. The smallest absolute Gasteiger partial charge is 0.306 e. The molecular formula is C30H47F2NO4Si. The topological polar surface area (TPSA) is 55.8 Å². The Morgan fingerprint density at radius 2 is 1.82 bits per heavy atom. The number of nitrogens with zero attached hydrogens (tertiary/aromatic N) is 1. The zero-order chi connectivity index (χ0) is 28.7. The van der Waals surface area contributed by atoms with Crippen molar-refractivity contribution in [3.63, 3.8) is 0 Å². The average Bonchev–Trinajstić information content (AvgIpc) is 3.18. The lowest BCUT2D eigenvalue weighted by Crippen LogP contribution is -2.48. The van der Waals surface area contributed by atoms with Crippen molar-refractivity contribution in [2.24, 2.45) is 0 Å². The van der Waals surface area contributed by atoms with Crippen molar-refractivity contribution in [3.8, 4) is 0 Å². The van der Waals surface area contributed by atoms with Crippen LogP contribution in [0.25, 0.3) is 0 Å². The molecule has 0 bridgehead atoms. The number of likely N-dealkylation sites (tertiary alicyclic amines) is 1. The van der Waals surface area contributed by atoms with Gasteiger partial charge in [-0.2, -0.15) is 8.78 Å². The lowest BCUT2D eigenvalue weighted by molar-refractivity contribution is -0.147. The fourth-order valence-electron chi connectivity index (χ4n) is 4.51. The predicted molar refractivity (Wildman–Crippen MR) is 151 cm³/mol. The van der Waals surface area contributed by atoms with Crippen LogP contribution in [0.2, 0.25) is 18.1 Å². The summed E-state index contributed by atoms with van der Waals surface area (Å²) in [4.78, 5) is 26.7. The summed E-state index contributed by atoms with van der Waals surface area (Å²) in [5.74, 6) is -3.46. The van der Waals surface area contributed by atoms with Crippen molar-refractivity contribution in [3.05, 3.63) is 48.0 Å². The van der Waals surface area contributed by atoms with Crippen LogP contribution in [0, 0.1) is 0 Å². The number of rotatable bonds is 13. The highest BCUT2D eigenvalue weighted by Gasteiger charge is 2.47. The van der Waals surface area contributed by atoms with Crippen molar-refractivity contribution in [2.75, 3.05) is 0 Å². The average molecular weight is 552 g/mol. The van der Waals surface area contributed by atoms with Gasteiger partial charge in [-0.3, -0.25) is 9.59 Å². The van der Waals surface area contributed by atoms with Crippen LogP contribution >= 0.6 is 0 Å². The number of carbonyl (C=O) groups is 2. The highest BCUT2D eigenvalue weighted by Crippen LogP contribution is 2.42. The van der Waals surface area contributed by atoms with Crippen LogP contribution in [-0.4, -0.2) is 49.4 Å². The maximum absolute atomic E-state index is 15.9. The molecule has 1 aromatic rings. The molecule has 5 nitrogen and oxygen atoms in total. The van der Waals surface area contributed by atoms with Crippen LogP contribution in [0.5, 0.6) is 0 Å². The van der Waals surface area contributed by atoms with E-state index in [0.717, 1.165) is 6.42 Å². The maximum Gasteiger partial charge on any atom is 0.306 e. The number of hydrogen-bond acceptors (Lipinski definition) is 4. The van der Waals surface area contributed by atoms with Crippen LogP contribution in [-0.2, 0) is 24.7 Å². The number of carbonyl (C=O) groups excluding carboxylic acids is 2. The molecule has 1 amide bonds. The fraction of sp³-hybridized carbons (Fsp3) is 0.667. The Hall–Kier alpha value is -2.06. The molecule has 8 heteroatoms. The molecule has 1 fully saturated rings. The van der Waals surface area contributed by atoms with Crippen LogP contribution in [0.1, 0.15) is 85.6 Å². The SMILES string of the molecule is CCC(CCCC(=O)OC(C)C)N1C(=O)CCC1C=CC(O[Si](C)(C)C(C)(C)C)C(F)(F)c1ccccc1. The number of alkyl halides is 2. The van der Waals surface area contributed by atoms with Crippen LogP contribution in [0.3, 0.4) is 0 Å². The molecule has 38 heavy (non-hydrogen) atoms. The van der Waals surface area contributed by atoms with E-state index in [1.807, 2.05) is 59.5 Å². The van der Waals surface area contributed by atoms with Crippen molar-refractivity contribution in [2.45, 2.75) is 128 Å². The summed E-state index contributed by atoms with van der Waals surface area (Å²) in [6.45, 7) is 15.7. The van der Waals surface area contributed by atoms with E-state index in [9.17, 15) is 9.59 Å². The molecule has 0 radical (unpaired) electrons. The predicted octanol–water partition coefficient (Wildman–Crippen LogP) is 7.62. The largest absolute Gasteiger partial charge is 0.463 e. The first-order valence-corrected chi connectivity index (χ1v) is 16.8. The van der Waals surface area contributed by atoms with E-state index in [1.54, 1.807) is 24.3 Å². The Morgan fingerprint density at radius 1 is 1.18 bits per heavy atom. The van der Waals surface area contributed by atoms with E-state index in [2.05, 4.69) is 0 Å². The maximum atomic E-state index is 15.9. The fourth-order valence-corrected chi connectivity index (χ4v) is 5.73. The first kappa shape index (κ1) is 32.2. The van der Waals surface area contributed by atoms with E-state index in [1.165, 1.54) is 18.2 Å². The summed E-state index contributed by atoms with van der Waals surface area (Å²) in [5, 5.41) is -0.245. The normalized spacial score (nSPS) is 18.9. The van der Waals surface area contributed by atoms with Gasteiger partial charge in [-0.15, -0.1) is 0 Å². The summed E-state index contributed by atoms with van der Waals surface area (Å²) in [6, 6.07) is 7.44. The van der Waals surface area contributed by atoms with E-state index in [4.69, 9.17) is 9.16 Å². The van der Waals surface area contributed by atoms with Gasteiger partial charge in [0.2, 0.25) is 5.91 Å². The summed E-state index contributed by atoms with van der Waals surface area (Å²) < 4.78 is 43.2. The van der Waals surface area contributed by atoms with E-state index >= 15 is 8.78 Å². The number of amides is 1. The van der Waals surface area contributed by atoms with Gasteiger partial charge in [0.05, 0.1) is 12.1 Å². The minimum absolute atomic E-state index is 0.0212. The molecule has 1 aliphatic rings. The minimum Gasteiger partial charge on any atom is -0.463 e. The van der Waals surface area contributed by atoms with Gasteiger partial charge >= 0.3 is 11.9 Å². The summed E-state index contributed by atoms with van der Waals surface area (Å²) >= 11 is 0. The Bertz CT molecular complexity index is 943. The van der Waals surface area contributed by atoms with Gasteiger partial charge in [-0.25, -0.2) is 0 Å². The Kier molecular flexibility index (Phi) is 11.3. The molecule has 1 aromatic carbocycles. The summed E-state index contributed by atoms with van der Waals surface area (Å²) in [6.07, 6.45) is 4.85. The van der Waals surface area contributed by atoms with Crippen LogP contribution in [0.4, 0.5) is 8.78 Å². The highest BCUT2D eigenvalue weighted by molar-refractivity contribution is 6.74. The molecule has 214 valence electrons. The number of esters is 1. The Morgan fingerprint density at radius 3 is 2.37 bits per heavy atom. The zero-order valence-electron chi connectivity index (χ0n) is 24.4. The quantitative estimate of drug-likeness (QED) is 0.144. The van der Waals surface area contributed by atoms with Gasteiger partial charge in [-0.1, -0.05) is 70.2 Å². The van der Waals surface area contributed by atoms with E-state index in [0.29, 0.717) is 32.1 Å². The van der Waals surface area contributed by atoms with Crippen LogP contribution < -0.4 is 0 Å². The second kappa shape index (κ2) is 13.3. The van der Waals surface area contributed by atoms with Gasteiger partial charge in [0, 0.05) is 24.4 Å². The molecule has 1 heterocycles. The van der Waals surface area contributed by atoms with Gasteiger partial charge in [0.1, 0.15) is 6.10 Å². The standard InChI is InChI=1S/C30H47F2NO4Si/c1-9-24(16-13-17-28(35)36-22(2)3)33-25(19-21-27(33)34)18-20-26(37-38(7,8)29(4,5)6)30(31,32)23-14-11-10-12-15-23/h10-12,14-15,18,20,22,24-26H,9,13,16-17,19,21H2,1-8H3. The first-order chi connectivity index (χ1) is 17.6. The first-order valence-electron chi connectivity index (χ1n) is 13.9. The van der Waals surface area contributed by atoms with Crippen molar-refractivity contribution in [1.29, 1.82) is 0 Å². The molecule has 1 aliphatic heterocycles.